The molecule has 0 amide bonds. The number of benzene rings is 2. The number of furan rings is 1. The molecule has 2 heterocycles. The molecule has 4 N–H and O–H groups in total. The number of anilines is 1. The van der Waals surface area contributed by atoms with Crippen molar-refractivity contribution in [2.45, 2.75) is 20.4 Å². The third kappa shape index (κ3) is 3.98. The Hall–Kier alpha value is -3.39. The van der Waals surface area contributed by atoms with Crippen molar-refractivity contribution in [3.8, 4) is 17.3 Å². The van der Waals surface area contributed by atoms with E-state index >= 15 is 0 Å². The predicted octanol–water partition coefficient (Wildman–Crippen LogP) is 2.96. The Labute approximate surface area is 177 Å². The predicted molar refractivity (Wildman–Crippen MR) is 115 cm³/mol. The molecule has 4 rings (SSSR count). The van der Waals surface area contributed by atoms with Crippen molar-refractivity contribution in [1.82, 2.24) is 9.55 Å². The monoisotopic (exact) mass is 441 g/mol. The van der Waals surface area contributed by atoms with E-state index in [-0.39, 0.29) is 28.3 Å². The molecule has 0 saturated heterocycles. The summed E-state index contributed by atoms with van der Waals surface area (Å²) in [4.78, 5) is 35.4. The molecule has 2 aromatic carbocycles. The molecule has 0 unspecified atom stereocenters. The van der Waals surface area contributed by atoms with Crippen LogP contribution in [0.2, 0.25) is 0 Å². The van der Waals surface area contributed by atoms with Gasteiger partial charge >= 0.3 is 13.6 Å². The molecule has 160 valence electrons. The molecule has 0 radical (unpaired) electrons. The molecular weight excluding hydrogens is 421 g/mol. The zero-order chi connectivity index (χ0) is 22.3. The second-order valence-electron chi connectivity index (χ2n) is 7.12. The van der Waals surface area contributed by atoms with E-state index in [2.05, 4.69) is 4.98 Å². The Morgan fingerprint density at radius 3 is 2.55 bits per heavy atom. The molecular formula is C21H20N3O6P. The van der Waals surface area contributed by atoms with Crippen molar-refractivity contribution >= 4 is 35.6 Å². The summed E-state index contributed by atoms with van der Waals surface area (Å²) in [6, 6.07) is 12.3. The molecule has 0 saturated carbocycles. The van der Waals surface area contributed by atoms with Crippen molar-refractivity contribution in [1.29, 1.82) is 0 Å². The number of fused-ring (bicyclic) bond motifs is 1. The van der Waals surface area contributed by atoms with E-state index < -0.39 is 13.6 Å². The van der Waals surface area contributed by atoms with Crippen molar-refractivity contribution in [3.05, 3.63) is 59.9 Å². The number of hydrogen-bond donors (Lipinski definition) is 3. The number of nitrogens with two attached hydrogens (primary N) is 1. The minimum atomic E-state index is -4.61. The fourth-order valence-corrected chi connectivity index (χ4v) is 4.02. The lowest BCUT2D eigenvalue weighted by atomic mass is 10.1. The van der Waals surface area contributed by atoms with Crippen LogP contribution in [-0.4, -0.2) is 25.3 Å². The van der Waals surface area contributed by atoms with Gasteiger partial charge in [-0.05, 0) is 30.7 Å². The average molecular weight is 441 g/mol. The van der Waals surface area contributed by atoms with Gasteiger partial charge in [-0.1, -0.05) is 29.8 Å². The lowest BCUT2D eigenvalue weighted by Crippen LogP contribution is -2.09. The summed E-state index contributed by atoms with van der Waals surface area (Å²) in [5.74, 6) is -0.225. The van der Waals surface area contributed by atoms with Crippen molar-refractivity contribution in [2.75, 3.05) is 5.73 Å². The maximum Gasteiger partial charge on any atom is 0.360 e. The van der Waals surface area contributed by atoms with Crippen LogP contribution in [-0.2, 0) is 15.9 Å². The van der Waals surface area contributed by atoms with Crippen molar-refractivity contribution in [2.24, 2.45) is 0 Å². The number of ether oxygens (including phenoxy) is 1. The lowest BCUT2D eigenvalue weighted by Gasteiger charge is -2.11. The van der Waals surface area contributed by atoms with Gasteiger partial charge in [-0.2, -0.15) is 0 Å². The van der Waals surface area contributed by atoms with Gasteiger partial charge in [0.1, 0.15) is 16.5 Å². The van der Waals surface area contributed by atoms with Gasteiger partial charge in [-0.25, -0.2) is 4.98 Å². The van der Waals surface area contributed by atoms with Gasteiger partial charge in [0, 0.05) is 13.5 Å². The third-order valence-corrected chi connectivity index (χ3v) is 5.78. The number of hydrogen-bond acceptors (Lipinski definition) is 6. The van der Waals surface area contributed by atoms with Gasteiger partial charge in [0.15, 0.2) is 17.3 Å². The number of carbonyl (C=O) groups is 1. The smallest absolute Gasteiger partial charge is 0.360 e. The summed E-state index contributed by atoms with van der Waals surface area (Å²) in [5, 5.41) is -0.272. The Kier molecular flexibility index (Phi) is 5.18. The highest BCUT2D eigenvalue weighted by Gasteiger charge is 2.29. The number of carbonyl (C=O) groups excluding carboxylic acids is 1. The van der Waals surface area contributed by atoms with Gasteiger partial charge in [0.05, 0.1) is 11.8 Å². The van der Waals surface area contributed by atoms with Crippen LogP contribution < -0.4 is 15.8 Å². The van der Waals surface area contributed by atoms with Crippen LogP contribution in [0.4, 0.5) is 5.69 Å². The first-order valence-corrected chi connectivity index (χ1v) is 10.9. The second kappa shape index (κ2) is 7.70. The van der Waals surface area contributed by atoms with Gasteiger partial charge < -0.3 is 29.2 Å². The molecule has 9 nitrogen and oxygen atoms in total. The van der Waals surface area contributed by atoms with Crippen LogP contribution in [0.1, 0.15) is 18.1 Å². The number of nitrogens with zero attached hydrogens (tertiary/aromatic N) is 2. The van der Waals surface area contributed by atoms with Crippen molar-refractivity contribution < 1.29 is 28.3 Å². The number of nitrogen functional groups attached to an aromatic ring is 1. The second-order valence-corrected chi connectivity index (χ2v) is 8.69. The van der Waals surface area contributed by atoms with E-state index in [0.717, 1.165) is 11.1 Å². The van der Waals surface area contributed by atoms with E-state index in [1.165, 1.54) is 19.3 Å². The quantitative estimate of drug-likeness (QED) is 0.186. The number of rotatable bonds is 5. The zero-order valence-corrected chi connectivity index (χ0v) is 17.7. The van der Waals surface area contributed by atoms with Crippen LogP contribution in [0.25, 0.3) is 22.6 Å². The first-order valence-electron chi connectivity index (χ1n) is 9.32. The summed E-state index contributed by atoms with van der Waals surface area (Å²) >= 11 is 0. The molecule has 0 aliphatic heterocycles. The lowest BCUT2D eigenvalue weighted by molar-refractivity contribution is -0.131. The number of aromatic nitrogens is 2. The molecule has 0 spiro atoms. The average Bonchev–Trinajstić information content (AvgIpc) is 3.31. The van der Waals surface area contributed by atoms with E-state index in [1.807, 2.05) is 31.2 Å². The zero-order valence-electron chi connectivity index (χ0n) is 16.8. The van der Waals surface area contributed by atoms with E-state index in [0.29, 0.717) is 17.6 Å². The van der Waals surface area contributed by atoms with Gasteiger partial charge in [0.2, 0.25) is 0 Å². The van der Waals surface area contributed by atoms with Gasteiger partial charge in [-0.3, -0.25) is 9.36 Å². The normalized spacial score (nSPS) is 11.7. The topological polar surface area (TPSA) is 141 Å². The molecule has 4 aromatic rings. The highest BCUT2D eigenvalue weighted by Crippen LogP contribution is 2.40. The molecule has 0 aliphatic carbocycles. The van der Waals surface area contributed by atoms with Crippen LogP contribution in [0.3, 0.4) is 0 Å². The summed E-state index contributed by atoms with van der Waals surface area (Å²) in [5.41, 5.74) is 9.31. The Morgan fingerprint density at radius 2 is 1.90 bits per heavy atom. The highest BCUT2D eigenvalue weighted by molar-refractivity contribution is 7.60. The van der Waals surface area contributed by atoms with E-state index in [9.17, 15) is 19.1 Å². The SMILES string of the molecule is CC(=O)Oc1ccc2c(nc(-c3occc3P(=O)(O)O)n2Cc2ccc(C)cc2)c1N. The van der Waals surface area contributed by atoms with Gasteiger partial charge in [-0.15, -0.1) is 0 Å². The molecule has 0 fully saturated rings. The Bertz CT molecular complexity index is 1330. The third-order valence-electron chi connectivity index (χ3n) is 4.80. The summed E-state index contributed by atoms with van der Waals surface area (Å²) < 4.78 is 24.3. The Morgan fingerprint density at radius 1 is 1.19 bits per heavy atom. The van der Waals surface area contributed by atoms with Crippen LogP contribution in [0.5, 0.6) is 5.75 Å². The molecule has 0 aliphatic rings. The fraction of sp³-hybridized carbons (Fsp3) is 0.143. The first kappa shape index (κ1) is 20.9. The van der Waals surface area contributed by atoms with Crippen LogP contribution in [0, 0.1) is 6.92 Å². The Balaban J connectivity index is 1.96. The first-order chi connectivity index (χ1) is 14.6. The molecule has 31 heavy (non-hydrogen) atoms. The minimum absolute atomic E-state index is 0.0509. The summed E-state index contributed by atoms with van der Waals surface area (Å²) in [6.07, 6.45) is 1.20. The molecule has 2 aromatic heterocycles. The maximum atomic E-state index is 12.0. The number of aryl methyl sites for hydroxylation is 1. The van der Waals surface area contributed by atoms with Crippen LogP contribution >= 0.6 is 7.60 Å². The minimum Gasteiger partial charge on any atom is -0.460 e. The van der Waals surface area contributed by atoms with Crippen molar-refractivity contribution in [3.63, 3.8) is 0 Å². The highest BCUT2D eigenvalue weighted by atomic mass is 31.2. The van der Waals surface area contributed by atoms with E-state index in [4.69, 9.17) is 14.9 Å². The fourth-order valence-electron chi connectivity index (χ4n) is 3.35. The summed E-state index contributed by atoms with van der Waals surface area (Å²) in [6.45, 7) is 3.59. The molecule has 0 atom stereocenters. The molecule has 0 bridgehead atoms. The maximum absolute atomic E-state index is 12.0. The number of imidazole rings is 1. The molecule has 10 heteroatoms. The van der Waals surface area contributed by atoms with E-state index in [1.54, 1.807) is 16.7 Å². The largest absolute Gasteiger partial charge is 0.460 e. The van der Waals surface area contributed by atoms with Crippen LogP contribution in [0.15, 0.2) is 53.1 Å². The summed E-state index contributed by atoms with van der Waals surface area (Å²) in [7, 11) is -4.61. The van der Waals surface area contributed by atoms with Gasteiger partial charge in [0.25, 0.3) is 0 Å². The standard InChI is InChI=1S/C21H20N3O6P/c1-12-3-5-14(6-4-12)11-24-15-7-8-16(30-13(2)25)18(22)19(15)23-21(24)20-17(9-10-29-20)31(26,27)28/h3-10H,11,22H2,1-2H3,(H2,26,27,28). The number of esters is 1.